The lowest BCUT2D eigenvalue weighted by atomic mass is 10.1. The molecular formula is C15H18N2O3. The average Bonchev–Trinajstić information content (AvgIpc) is 3.19. The zero-order chi connectivity index (χ0) is 13.9. The molecule has 5 heteroatoms. The van der Waals surface area contributed by atoms with Crippen LogP contribution < -0.4 is 19.5 Å². The minimum absolute atomic E-state index is 0.240. The van der Waals surface area contributed by atoms with Crippen LogP contribution in [0.1, 0.15) is 31.7 Å². The van der Waals surface area contributed by atoms with E-state index in [9.17, 15) is 0 Å². The summed E-state index contributed by atoms with van der Waals surface area (Å²) in [5, 5.41) is 12.5. The monoisotopic (exact) mass is 274 g/mol. The number of fused-ring (bicyclic) bond motifs is 1. The van der Waals surface area contributed by atoms with Crippen LogP contribution in [0.4, 0.5) is 0 Å². The van der Waals surface area contributed by atoms with Crippen molar-refractivity contribution in [2.45, 2.75) is 44.9 Å². The Hall–Kier alpha value is -1.93. The van der Waals surface area contributed by atoms with Crippen molar-refractivity contribution < 1.29 is 14.2 Å². The largest absolute Gasteiger partial charge is 0.475 e. The lowest BCUT2D eigenvalue weighted by Gasteiger charge is -2.15. The zero-order valence-electron chi connectivity index (χ0n) is 11.5. The van der Waals surface area contributed by atoms with Crippen molar-refractivity contribution in [2.24, 2.45) is 0 Å². The van der Waals surface area contributed by atoms with Gasteiger partial charge in [0.15, 0.2) is 17.6 Å². The SMILES string of the molecule is CCC(C#N)Oc1cc2c(cc1CNC1CC1)OCO2. The molecule has 1 N–H and O–H groups in total. The van der Waals surface area contributed by atoms with Crippen LogP contribution in [-0.2, 0) is 6.54 Å². The Morgan fingerprint density at radius 2 is 2.15 bits per heavy atom. The smallest absolute Gasteiger partial charge is 0.231 e. The second-order valence-electron chi connectivity index (χ2n) is 5.11. The van der Waals surface area contributed by atoms with Crippen LogP contribution >= 0.6 is 0 Å². The lowest BCUT2D eigenvalue weighted by Crippen LogP contribution is -2.18. The summed E-state index contributed by atoms with van der Waals surface area (Å²) in [5.41, 5.74) is 1.01. The fraction of sp³-hybridized carbons (Fsp3) is 0.533. The molecule has 20 heavy (non-hydrogen) atoms. The number of benzene rings is 1. The van der Waals surface area contributed by atoms with Crippen LogP contribution in [0.15, 0.2) is 12.1 Å². The van der Waals surface area contributed by atoms with E-state index in [-0.39, 0.29) is 6.79 Å². The third-order valence-electron chi connectivity index (χ3n) is 3.50. The van der Waals surface area contributed by atoms with Crippen molar-refractivity contribution in [3.63, 3.8) is 0 Å². The van der Waals surface area contributed by atoms with Gasteiger partial charge in [-0.05, 0) is 25.3 Å². The predicted octanol–water partition coefficient (Wildman–Crippen LogP) is 2.35. The maximum absolute atomic E-state index is 9.05. The van der Waals surface area contributed by atoms with Crippen molar-refractivity contribution >= 4 is 0 Å². The van der Waals surface area contributed by atoms with Crippen LogP contribution in [0.2, 0.25) is 0 Å². The number of nitriles is 1. The van der Waals surface area contributed by atoms with Gasteiger partial charge in [0.1, 0.15) is 11.8 Å². The summed E-state index contributed by atoms with van der Waals surface area (Å²) < 4.78 is 16.6. The quantitative estimate of drug-likeness (QED) is 0.862. The standard InChI is InChI=1S/C15H18N2O3/c1-2-12(7-16)20-13-6-15-14(18-9-19-15)5-10(13)8-17-11-3-4-11/h5-6,11-12,17H,2-4,8-9H2,1H3. The number of ether oxygens (including phenoxy) is 3. The molecule has 0 bridgehead atoms. The molecule has 106 valence electrons. The van der Waals surface area contributed by atoms with Gasteiger partial charge in [0.2, 0.25) is 6.79 Å². The first-order chi connectivity index (χ1) is 9.80. The fourth-order valence-electron chi connectivity index (χ4n) is 2.11. The highest BCUT2D eigenvalue weighted by atomic mass is 16.7. The van der Waals surface area contributed by atoms with Gasteiger partial charge < -0.3 is 19.5 Å². The van der Waals surface area contributed by atoms with Crippen molar-refractivity contribution in [1.29, 1.82) is 5.26 Å². The summed E-state index contributed by atoms with van der Waals surface area (Å²) >= 11 is 0. The van der Waals surface area contributed by atoms with Gasteiger partial charge in [-0.2, -0.15) is 5.26 Å². The second kappa shape index (κ2) is 5.59. The topological polar surface area (TPSA) is 63.5 Å². The Morgan fingerprint density at radius 3 is 2.80 bits per heavy atom. The number of hydrogen-bond donors (Lipinski definition) is 1. The molecule has 0 saturated heterocycles. The van der Waals surface area contributed by atoms with Crippen molar-refractivity contribution in [3.05, 3.63) is 17.7 Å². The van der Waals surface area contributed by atoms with Gasteiger partial charge >= 0.3 is 0 Å². The van der Waals surface area contributed by atoms with E-state index >= 15 is 0 Å². The molecule has 0 amide bonds. The molecule has 1 saturated carbocycles. The van der Waals surface area contributed by atoms with E-state index in [4.69, 9.17) is 19.5 Å². The summed E-state index contributed by atoms with van der Waals surface area (Å²) in [4.78, 5) is 0. The van der Waals surface area contributed by atoms with Gasteiger partial charge in [0.25, 0.3) is 0 Å². The summed E-state index contributed by atoms with van der Waals surface area (Å²) in [6.07, 6.45) is 2.68. The second-order valence-corrected chi connectivity index (χ2v) is 5.11. The summed E-state index contributed by atoms with van der Waals surface area (Å²) in [6, 6.07) is 6.54. The molecule has 2 aliphatic rings. The number of hydrogen-bond acceptors (Lipinski definition) is 5. The summed E-state index contributed by atoms with van der Waals surface area (Å²) in [5.74, 6) is 2.13. The molecule has 1 aliphatic carbocycles. The maximum atomic E-state index is 9.05. The van der Waals surface area contributed by atoms with E-state index in [1.165, 1.54) is 12.8 Å². The highest BCUT2D eigenvalue weighted by molar-refractivity contribution is 5.52. The van der Waals surface area contributed by atoms with E-state index in [1.54, 1.807) is 0 Å². The van der Waals surface area contributed by atoms with Gasteiger partial charge in [-0.25, -0.2) is 0 Å². The van der Waals surface area contributed by atoms with Gasteiger partial charge in [0, 0.05) is 24.2 Å². The highest BCUT2D eigenvalue weighted by Crippen LogP contribution is 2.38. The Balaban J connectivity index is 1.82. The van der Waals surface area contributed by atoms with Crippen LogP contribution in [0.5, 0.6) is 17.2 Å². The number of rotatable bonds is 6. The van der Waals surface area contributed by atoms with E-state index < -0.39 is 6.10 Å². The number of nitrogens with zero attached hydrogens (tertiary/aromatic N) is 1. The minimum atomic E-state index is -0.435. The summed E-state index contributed by atoms with van der Waals surface area (Å²) in [6.45, 7) is 2.89. The Bertz CT molecular complexity index is 535. The predicted molar refractivity (Wildman–Crippen MR) is 72.7 cm³/mol. The van der Waals surface area contributed by atoms with Crippen LogP contribution in [-0.4, -0.2) is 18.9 Å². The van der Waals surface area contributed by atoms with Gasteiger partial charge in [0.05, 0.1) is 0 Å². The maximum Gasteiger partial charge on any atom is 0.231 e. The van der Waals surface area contributed by atoms with E-state index in [2.05, 4.69) is 11.4 Å². The highest BCUT2D eigenvalue weighted by Gasteiger charge is 2.23. The van der Waals surface area contributed by atoms with Crippen LogP contribution in [0, 0.1) is 11.3 Å². The Morgan fingerprint density at radius 1 is 1.40 bits per heavy atom. The molecule has 5 nitrogen and oxygen atoms in total. The molecule has 0 spiro atoms. The van der Waals surface area contributed by atoms with Crippen LogP contribution in [0.3, 0.4) is 0 Å². The zero-order valence-corrected chi connectivity index (χ0v) is 11.5. The van der Waals surface area contributed by atoms with Crippen molar-refractivity contribution in [3.8, 4) is 23.3 Å². The Labute approximate surface area is 118 Å². The van der Waals surface area contributed by atoms with Gasteiger partial charge in [-0.15, -0.1) is 0 Å². The molecule has 1 unspecified atom stereocenters. The normalized spacial score (nSPS) is 17.6. The molecular weight excluding hydrogens is 256 g/mol. The first kappa shape index (κ1) is 13.1. The molecule has 1 fully saturated rings. The molecule has 0 radical (unpaired) electrons. The van der Waals surface area contributed by atoms with Crippen molar-refractivity contribution in [1.82, 2.24) is 5.32 Å². The summed E-state index contributed by atoms with van der Waals surface area (Å²) in [7, 11) is 0. The molecule has 1 heterocycles. The fourth-order valence-corrected chi connectivity index (χ4v) is 2.11. The molecule has 0 aromatic heterocycles. The molecule has 1 aromatic rings. The average molecular weight is 274 g/mol. The van der Waals surface area contributed by atoms with Gasteiger partial charge in [-0.3, -0.25) is 0 Å². The third kappa shape index (κ3) is 2.81. The minimum Gasteiger partial charge on any atom is -0.475 e. The van der Waals surface area contributed by atoms with Gasteiger partial charge in [-0.1, -0.05) is 6.92 Å². The van der Waals surface area contributed by atoms with E-state index in [0.29, 0.717) is 24.0 Å². The lowest BCUT2D eigenvalue weighted by molar-refractivity contribution is 0.173. The van der Waals surface area contributed by atoms with E-state index in [0.717, 1.165) is 17.9 Å². The van der Waals surface area contributed by atoms with Crippen LogP contribution in [0.25, 0.3) is 0 Å². The van der Waals surface area contributed by atoms with Crippen molar-refractivity contribution in [2.75, 3.05) is 6.79 Å². The van der Waals surface area contributed by atoms with E-state index in [1.807, 2.05) is 19.1 Å². The molecule has 3 rings (SSSR count). The first-order valence-corrected chi connectivity index (χ1v) is 7.02. The Kier molecular flexibility index (Phi) is 3.66. The number of nitrogens with one attached hydrogen (secondary N) is 1. The molecule has 1 aliphatic heterocycles. The third-order valence-corrected chi connectivity index (χ3v) is 3.50. The molecule has 1 atom stereocenters. The first-order valence-electron chi connectivity index (χ1n) is 7.02. The molecule has 1 aromatic carbocycles.